The van der Waals surface area contributed by atoms with Crippen molar-refractivity contribution in [2.24, 2.45) is 0 Å². The summed E-state index contributed by atoms with van der Waals surface area (Å²) in [6, 6.07) is 11.5. The minimum absolute atomic E-state index is 0.00740. The monoisotopic (exact) mass is 368 g/mol. The molecule has 2 amide bonds. The fraction of sp³-hybridized carbons (Fsp3) is 0.250. The lowest BCUT2D eigenvalue weighted by Gasteiger charge is -2.12. The van der Waals surface area contributed by atoms with Crippen molar-refractivity contribution in [2.45, 2.75) is 25.8 Å². The van der Waals surface area contributed by atoms with Gasteiger partial charge in [0.15, 0.2) is 6.61 Å². The molecule has 2 aromatic rings. The molecule has 0 unspecified atom stereocenters. The largest absolute Gasteiger partial charge is 0.507 e. The molecular formula is C20H20N2O5. The highest BCUT2D eigenvalue weighted by molar-refractivity contribution is 6.04. The van der Waals surface area contributed by atoms with Crippen LogP contribution in [0.2, 0.25) is 0 Å². The van der Waals surface area contributed by atoms with E-state index in [-0.39, 0.29) is 23.3 Å². The van der Waals surface area contributed by atoms with Crippen LogP contribution in [0, 0.1) is 6.92 Å². The Morgan fingerprint density at radius 3 is 2.52 bits per heavy atom. The number of anilines is 1. The topological polar surface area (TPSA) is 105 Å². The van der Waals surface area contributed by atoms with Crippen LogP contribution in [-0.2, 0) is 9.53 Å². The Kier molecular flexibility index (Phi) is 5.40. The number of rotatable bonds is 6. The molecular weight excluding hydrogens is 348 g/mol. The minimum atomic E-state index is -0.800. The van der Waals surface area contributed by atoms with Gasteiger partial charge in [-0.3, -0.25) is 9.59 Å². The van der Waals surface area contributed by atoms with Gasteiger partial charge in [-0.2, -0.15) is 0 Å². The van der Waals surface area contributed by atoms with Crippen LogP contribution in [-0.4, -0.2) is 35.5 Å². The fourth-order valence-electron chi connectivity index (χ4n) is 2.50. The Hall–Kier alpha value is -3.35. The first kappa shape index (κ1) is 18.4. The smallest absolute Gasteiger partial charge is 0.342 e. The first-order valence-electron chi connectivity index (χ1n) is 8.61. The Bertz CT molecular complexity index is 890. The van der Waals surface area contributed by atoms with Gasteiger partial charge in [-0.05, 0) is 43.5 Å². The maximum Gasteiger partial charge on any atom is 0.342 e. The van der Waals surface area contributed by atoms with Crippen LogP contribution in [0.5, 0.6) is 5.75 Å². The quantitative estimate of drug-likeness (QED) is 0.679. The third-order valence-corrected chi connectivity index (χ3v) is 4.15. The van der Waals surface area contributed by atoms with Crippen molar-refractivity contribution in [3.63, 3.8) is 0 Å². The average molecular weight is 368 g/mol. The SMILES string of the molecule is Cc1cccc(C(=O)OCC(=O)Nc2ccccc2C(=O)NC2CC2)c1O. The zero-order valence-electron chi connectivity index (χ0n) is 14.8. The predicted octanol–water partition coefficient (Wildman–Crippen LogP) is 2.39. The lowest BCUT2D eigenvalue weighted by atomic mass is 10.1. The highest BCUT2D eigenvalue weighted by atomic mass is 16.5. The van der Waals surface area contributed by atoms with Gasteiger partial charge in [0.2, 0.25) is 0 Å². The van der Waals surface area contributed by atoms with Gasteiger partial charge in [-0.25, -0.2) is 4.79 Å². The maximum absolute atomic E-state index is 12.2. The summed E-state index contributed by atoms with van der Waals surface area (Å²) in [5.74, 6) is -1.81. The van der Waals surface area contributed by atoms with E-state index < -0.39 is 18.5 Å². The van der Waals surface area contributed by atoms with Gasteiger partial charge in [0, 0.05) is 6.04 Å². The molecule has 7 heteroatoms. The van der Waals surface area contributed by atoms with Crippen LogP contribution in [0.4, 0.5) is 5.69 Å². The number of para-hydroxylation sites is 2. The molecule has 2 aromatic carbocycles. The maximum atomic E-state index is 12.2. The van der Waals surface area contributed by atoms with Crippen LogP contribution in [0.3, 0.4) is 0 Å². The van der Waals surface area contributed by atoms with Crippen molar-refractivity contribution in [1.82, 2.24) is 5.32 Å². The van der Waals surface area contributed by atoms with Crippen LogP contribution < -0.4 is 10.6 Å². The predicted molar refractivity (Wildman–Crippen MR) is 98.7 cm³/mol. The van der Waals surface area contributed by atoms with Gasteiger partial charge in [-0.1, -0.05) is 24.3 Å². The van der Waals surface area contributed by atoms with E-state index in [4.69, 9.17) is 4.74 Å². The zero-order valence-corrected chi connectivity index (χ0v) is 14.8. The molecule has 0 spiro atoms. The molecule has 0 aliphatic heterocycles. The Morgan fingerprint density at radius 2 is 1.78 bits per heavy atom. The molecule has 0 radical (unpaired) electrons. The second-order valence-corrected chi connectivity index (χ2v) is 6.39. The van der Waals surface area contributed by atoms with Crippen LogP contribution in [0.15, 0.2) is 42.5 Å². The summed E-state index contributed by atoms with van der Waals surface area (Å²) in [6.45, 7) is 1.12. The van der Waals surface area contributed by atoms with E-state index in [0.717, 1.165) is 12.8 Å². The number of carbonyl (C=O) groups is 3. The number of aryl methyl sites for hydroxylation is 1. The standard InChI is InChI=1S/C20H20N2O5/c1-12-5-4-7-15(18(12)24)20(26)27-11-17(23)22-16-8-3-2-6-14(16)19(25)21-13-9-10-13/h2-8,13,24H,9-11H2,1H3,(H,21,25)(H,22,23). The highest BCUT2D eigenvalue weighted by Crippen LogP contribution is 2.23. The summed E-state index contributed by atoms with van der Waals surface area (Å²) >= 11 is 0. The van der Waals surface area contributed by atoms with E-state index in [9.17, 15) is 19.5 Å². The Labute approximate surface area is 156 Å². The number of ether oxygens (including phenoxy) is 1. The molecule has 3 rings (SSSR count). The molecule has 140 valence electrons. The van der Waals surface area contributed by atoms with Crippen molar-refractivity contribution in [2.75, 3.05) is 11.9 Å². The number of nitrogens with one attached hydrogen (secondary N) is 2. The summed E-state index contributed by atoms with van der Waals surface area (Å²) in [4.78, 5) is 36.4. The first-order chi connectivity index (χ1) is 13.0. The molecule has 3 N–H and O–H groups in total. The molecule has 1 saturated carbocycles. The van der Waals surface area contributed by atoms with Crippen molar-refractivity contribution in [3.05, 3.63) is 59.2 Å². The van der Waals surface area contributed by atoms with Crippen LogP contribution >= 0.6 is 0 Å². The number of carbonyl (C=O) groups excluding carboxylic acids is 3. The Morgan fingerprint density at radius 1 is 1.07 bits per heavy atom. The fourth-order valence-corrected chi connectivity index (χ4v) is 2.50. The third kappa shape index (κ3) is 4.63. The molecule has 7 nitrogen and oxygen atoms in total. The summed E-state index contributed by atoms with van der Waals surface area (Å²) in [6.07, 6.45) is 1.92. The van der Waals surface area contributed by atoms with E-state index in [1.807, 2.05) is 0 Å². The summed E-state index contributed by atoms with van der Waals surface area (Å²) in [5, 5.41) is 15.3. The second-order valence-electron chi connectivity index (χ2n) is 6.39. The van der Waals surface area contributed by atoms with Crippen molar-refractivity contribution in [3.8, 4) is 5.75 Å². The first-order valence-corrected chi connectivity index (χ1v) is 8.61. The van der Waals surface area contributed by atoms with Gasteiger partial charge < -0.3 is 20.5 Å². The van der Waals surface area contributed by atoms with Gasteiger partial charge in [0.1, 0.15) is 11.3 Å². The molecule has 0 heterocycles. The highest BCUT2D eigenvalue weighted by Gasteiger charge is 2.25. The molecule has 0 saturated heterocycles. The van der Waals surface area contributed by atoms with Gasteiger partial charge in [0.05, 0.1) is 11.3 Å². The lowest BCUT2D eigenvalue weighted by molar-refractivity contribution is -0.119. The molecule has 1 aliphatic rings. The van der Waals surface area contributed by atoms with Crippen molar-refractivity contribution < 1.29 is 24.2 Å². The Balaban J connectivity index is 1.60. The van der Waals surface area contributed by atoms with Crippen LogP contribution in [0.1, 0.15) is 39.1 Å². The summed E-state index contributed by atoms with van der Waals surface area (Å²) < 4.78 is 4.96. The van der Waals surface area contributed by atoms with E-state index >= 15 is 0 Å². The molecule has 1 fully saturated rings. The van der Waals surface area contributed by atoms with Crippen molar-refractivity contribution in [1.29, 1.82) is 0 Å². The van der Waals surface area contributed by atoms with E-state index in [1.54, 1.807) is 43.3 Å². The zero-order chi connectivity index (χ0) is 19.4. The van der Waals surface area contributed by atoms with E-state index in [0.29, 0.717) is 16.8 Å². The van der Waals surface area contributed by atoms with Gasteiger partial charge in [-0.15, -0.1) is 0 Å². The average Bonchev–Trinajstić information content (AvgIpc) is 3.46. The molecule has 27 heavy (non-hydrogen) atoms. The number of amides is 2. The van der Waals surface area contributed by atoms with Gasteiger partial charge >= 0.3 is 5.97 Å². The summed E-state index contributed by atoms with van der Waals surface area (Å²) in [7, 11) is 0. The minimum Gasteiger partial charge on any atom is -0.507 e. The number of hydrogen-bond donors (Lipinski definition) is 3. The number of phenols is 1. The molecule has 0 bridgehead atoms. The van der Waals surface area contributed by atoms with Crippen LogP contribution in [0.25, 0.3) is 0 Å². The van der Waals surface area contributed by atoms with Gasteiger partial charge in [0.25, 0.3) is 11.8 Å². The third-order valence-electron chi connectivity index (χ3n) is 4.15. The normalized spacial score (nSPS) is 12.9. The number of aromatic hydroxyl groups is 1. The second kappa shape index (κ2) is 7.90. The molecule has 0 aromatic heterocycles. The summed E-state index contributed by atoms with van der Waals surface area (Å²) in [5.41, 5.74) is 1.21. The number of benzene rings is 2. The molecule has 0 atom stereocenters. The number of esters is 1. The molecule has 1 aliphatic carbocycles. The van der Waals surface area contributed by atoms with E-state index in [2.05, 4.69) is 10.6 Å². The van der Waals surface area contributed by atoms with Crippen molar-refractivity contribution >= 4 is 23.5 Å². The number of phenolic OH excluding ortho intramolecular Hbond substituents is 1. The lowest BCUT2D eigenvalue weighted by Crippen LogP contribution is -2.28. The number of hydrogen-bond acceptors (Lipinski definition) is 5. The van der Waals surface area contributed by atoms with E-state index in [1.165, 1.54) is 6.07 Å².